The van der Waals surface area contributed by atoms with Crippen LogP contribution in [0.25, 0.3) is 0 Å². The van der Waals surface area contributed by atoms with Crippen molar-refractivity contribution in [3.63, 3.8) is 0 Å². The molecule has 0 saturated carbocycles. The van der Waals surface area contributed by atoms with Crippen molar-refractivity contribution in [1.82, 2.24) is 10.2 Å². The molecule has 1 fully saturated rings. The standard InChI is InChI=1S/C22H35N3O2/c1-6-22(5)14-19(23)16(2)21(3,4)25(22)12-8-11-24-20(27)18-10-7-9-17(13-18)15-26/h7,9-10,13,15-16,19H,6,8,11-12,14,23H2,1-5H3,(H,24,27). The van der Waals surface area contributed by atoms with Gasteiger partial charge in [-0.25, -0.2) is 0 Å². The maximum absolute atomic E-state index is 12.3. The van der Waals surface area contributed by atoms with Crippen LogP contribution in [0.15, 0.2) is 24.3 Å². The number of hydrogen-bond donors (Lipinski definition) is 2. The highest BCUT2D eigenvalue weighted by Crippen LogP contribution is 2.42. The van der Waals surface area contributed by atoms with E-state index in [1.54, 1.807) is 24.3 Å². The molecule has 1 aromatic carbocycles. The molecule has 1 saturated heterocycles. The van der Waals surface area contributed by atoms with E-state index in [1.807, 2.05) is 0 Å². The Hall–Kier alpha value is -1.72. The topological polar surface area (TPSA) is 75.4 Å². The molecule has 1 amide bonds. The molecule has 3 N–H and O–H groups in total. The highest BCUT2D eigenvalue weighted by Gasteiger charge is 2.49. The minimum absolute atomic E-state index is 0.0186. The maximum atomic E-state index is 12.3. The Bertz CT molecular complexity index is 669. The Morgan fingerprint density at radius 1 is 1.37 bits per heavy atom. The molecule has 27 heavy (non-hydrogen) atoms. The quantitative estimate of drug-likeness (QED) is 0.568. The summed E-state index contributed by atoms with van der Waals surface area (Å²) in [5, 5.41) is 2.98. The number of hydrogen-bond acceptors (Lipinski definition) is 4. The van der Waals surface area contributed by atoms with Crippen molar-refractivity contribution in [2.45, 2.75) is 71.0 Å². The van der Waals surface area contributed by atoms with Crippen LogP contribution >= 0.6 is 0 Å². The zero-order chi connectivity index (χ0) is 20.2. The minimum atomic E-state index is -0.134. The molecule has 5 heteroatoms. The molecule has 1 aliphatic heterocycles. The van der Waals surface area contributed by atoms with Gasteiger partial charge in [0.25, 0.3) is 5.91 Å². The molecular weight excluding hydrogens is 338 g/mol. The molecule has 0 bridgehead atoms. The number of rotatable bonds is 7. The SMILES string of the molecule is CCC1(C)CC(N)C(C)C(C)(C)N1CCCNC(=O)c1cccc(C=O)c1. The van der Waals surface area contributed by atoms with E-state index in [-0.39, 0.29) is 23.0 Å². The lowest BCUT2D eigenvalue weighted by Gasteiger charge is -2.59. The van der Waals surface area contributed by atoms with E-state index in [9.17, 15) is 9.59 Å². The molecule has 0 aromatic heterocycles. The third kappa shape index (κ3) is 4.58. The van der Waals surface area contributed by atoms with Gasteiger partial charge in [0.1, 0.15) is 6.29 Å². The number of carbonyl (C=O) groups is 2. The van der Waals surface area contributed by atoms with Crippen molar-refractivity contribution >= 4 is 12.2 Å². The average molecular weight is 374 g/mol. The maximum Gasteiger partial charge on any atom is 0.251 e. The third-order valence-corrected chi connectivity index (χ3v) is 6.67. The molecule has 150 valence electrons. The van der Waals surface area contributed by atoms with Crippen LogP contribution in [0.4, 0.5) is 0 Å². The molecule has 1 aliphatic rings. The Labute approximate surface area is 163 Å². The molecular formula is C22H35N3O2. The van der Waals surface area contributed by atoms with E-state index in [2.05, 4.69) is 44.8 Å². The van der Waals surface area contributed by atoms with Crippen LogP contribution in [0.2, 0.25) is 0 Å². The number of carbonyl (C=O) groups excluding carboxylic acids is 2. The van der Waals surface area contributed by atoms with Gasteiger partial charge >= 0.3 is 0 Å². The van der Waals surface area contributed by atoms with E-state index in [4.69, 9.17) is 5.73 Å². The Balaban J connectivity index is 1.96. The van der Waals surface area contributed by atoms with Gasteiger partial charge in [-0.2, -0.15) is 0 Å². The summed E-state index contributed by atoms with van der Waals surface area (Å²) in [4.78, 5) is 25.8. The van der Waals surface area contributed by atoms with Crippen LogP contribution in [-0.4, -0.2) is 47.3 Å². The predicted octanol–water partition coefficient (Wildman–Crippen LogP) is 3.24. The fraction of sp³-hybridized carbons (Fsp3) is 0.636. The van der Waals surface area contributed by atoms with Crippen LogP contribution in [0.1, 0.15) is 74.6 Å². The van der Waals surface area contributed by atoms with Crippen molar-refractivity contribution in [1.29, 1.82) is 0 Å². The summed E-state index contributed by atoms with van der Waals surface area (Å²) in [6.45, 7) is 12.9. The molecule has 3 unspecified atom stereocenters. The normalized spacial score (nSPS) is 27.9. The summed E-state index contributed by atoms with van der Waals surface area (Å²) in [7, 11) is 0. The van der Waals surface area contributed by atoms with Gasteiger partial charge < -0.3 is 11.1 Å². The van der Waals surface area contributed by atoms with Crippen molar-refractivity contribution in [3.8, 4) is 0 Å². The van der Waals surface area contributed by atoms with Gasteiger partial charge in [0, 0.05) is 41.3 Å². The van der Waals surface area contributed by atoms with Crippen LogP contribution in [0, 0.1) is 5.92 Å². The van der Waals surface area contributed by atoms with Crippen molar-refractivity contribution in [3.05, 3.63) is 35.4 Å². The van der Waals surface area contributed by atoms with E-state index in [0.717, 1.165) is 32.1 Å². The van der Waals surface area contributed by atoms with Crippen molar-refractivity contribution < 1.29 is 9.59 Å². The van der Waals surface area contributed by atoms with Gasteiger partial charge in [-0.3, -0.25) is 14.5 Å². The first-order valence-electron chi connectivity index (χ1n) is 10.0. The van der Waals surface area contributed by atoms with Gasteiger partial charge in [0.2, 0.25) is 0 Å². The molecule has 0 spiro atoms. The van der Waals surface area contributed by atoms with E-state index in [1.165, 1.54) is 0 Å². The fourth-order valence-corrected chi connectivity index (χ4v) is 4.45. The summed E-state index contributed by atoms with van der Waals surface area (Å²) < 4.78 is 0. The monoisotopic (exact) mass is 373 g/mol. The lowest BCUT2D eigenvalue weighted by Crippen LogP contribution is -2.68. The summed E-state index contributed by atoms with van der Waals surface area (Å²) >= 11 is 0. The van der Waals surface area contributed by atoms with Crippen molar-refractivity contribution in [2.24, 2.45) is 11.7 Å². The largest absolute Gasteiger partial charge is 0.352 e. The summed E-state index contributed by atoms with van der Waals surface area (Å²) in [6.07, 6.45) is 3.69. The number of nitrogens with zero attached hydrogens (tertiary/aromatic N) is 1. The molecule has 3 atom stereocenters. The van der Waals surface area contributed by atoms with Crippen LogP contribution in [-0.2, 0) is 0 Å². The van der Waals surface area contributed by atoms with Gasteiger partial charge in [-0.05, 0) is 58.1 Å². The van der Waals surface area contributed by atoms with Crippen LogP contribution in [0.3, 0.4) is 0 Å². The lowest BCUT2D eigenvalue weighted by atomic mass is 9.69. The van der Waals surface area contributed by atoms with Crippen molar-refractivity contribution in [2.75, 3.05) is 13.1 Å². The molecule has 0 radical (unpaired) electrons. The smallest absolute Gasteiger partial charge is 0.251 e. The number of nitrogens with one attached hydrogen (secondary N) is 1. The molecule has 0 aliphatic carbocycles. The second-order valence-electron chi connectivity index (χ2n) is 8.67. The zero-order valence-corrected chi connectivity index (χ0v) is 17.4. The summed E-state index contributed by atoms with van der Waals surface area (Å²) in [5.74, 6) is 0.281. The lowest BCUT2D eigenvalue weighted by molar-refractivity contribution is -0.0796. The number of amides is 1. The molecule has 1 aromatic rings. The van der Waals surface area contributed by atoms with Gasteiger partial charge in [-0.15, -0.1) is 0 Å². The number of piperidine rings is 1. The second-order valence-corrected chi connectivity index (χ2v) is 8.67. The second kappa shape index (κ2) is 8.53. The van der Waals surface area contributed by atoms with Gasteiger partial charge in [-0.1, -0.05) is 26.0 Å². The average Bonchev–Trinajstić information content (AvgIpc) is 2.65. The number of benzene rings is 1. The highest BCUT2D eigenvalue weighted by atomic mass is 16.1. The molecule has 5 nitrogen and oxygen atoms in total. The van der Waals surface area contributed by atoms with E-state index in [0.29, 0.717) is 23.6 Å². The summed E-state index contributed by atoms with van der Waals surface area (Å²) in [5.41, 5.74) is 7.58. The molecule has 2 rings (SSSR count). The predicted molar refractivity (Wildman–Crippen MR) is 110 cm³/mol. The number of likely N-dealkylation sites (tertiary alicyclic amines) is 1. The van der Waals surface area contributed by atoms with Gasteiger partial charge in [0.05, 0.1) is 0 Å². The Morgan fingerprint density at radius 2 is 2.07 bits per heavy atom. The Morgan fingerprint density at radius 3 is 2.70 bits per heavy atom. The fourth-order valence-electron chi connectivity index (χ4n) is 4.45. The summed E-state index contributed by atoms with van der Waals surface area (Å²) in [6, 6.07) is 6.98. The number of aldehydes is 1. The molecule has 1 heterocycles. The first-order valence-corrected chi connectivity index (χ1v) is 10.0. The van der Waals surface area contributed by atoms with E-state index < -0.39 is 0 Å². The first kappa shape index (κ1) is 21.6. The Kier molecular flexibility index (Phi) is 6.82. The zero-order valence-electron chi connectivity index (χ0n) is 17.4. The minimum Gasteiger partial charge on any atom is -0.352 e. The van der Waals surface area contributed by atoms with Gasteiger partial charge in [0.15, 0.2) is 0 Å². The number of nitrogens with two attached hydrogens (primary N) is 1. The first-order chi connectivity index (χ1) is 12.7. The highest BCUT2D eigenvalue weighted by molar-refractivity contribution is 5.95. The van der Waals surface area contributed by atoms with Crippen LogP contribution < -0.4 is 11.1 Å². The van der Waals surface area contributed by atoms with E-state index >= 15 is 0 Å². The van der Waals surface area contributed by atoms with Crippen LogP contribution in [0.5, 0.6) is 0 Å². The third-order valence-electron chi connectivity index (χ3n) is 6.67.